The van der Waals surface area contributed by atoms with Gasteiger partial charge in [0.15, 0.2) is 0 Å². The molecular weight excluding hydrogens is 274 g/mol. The molecular formula is C14H25N3O2S. The van der Waals surface area contributed by atoms with Crippen LogP contribution in [0.2, 0.25) is 0 Å². The van der Waals surface area contributed by atoms with Gasteiger partial charge in [-0.25, -0.2) is 13.4 Å². The molecule has 20 heavy (non-hydrogen) atoms. The van der Waals surface area contributed by atoms with Gasteiger partial charge in [-0.15, -0.1) is 0 Å². The lowest BCUT2D eigenvalue weighted by molar-refractivity contribution is 0.368. The monoisotopic (exact) mass is 299 g/mol. The highest BCUT2D eigenvalue weighted by molar-refractivity contribution is 7.89. The van der Waals surface area contributed by atoms with Crippen LogP contribution in [0.3, 0.4) is 0 Å². The Morgan fingerprint density at radius 1 is 1.30 bits per heavy atom. The lowest BCUT2D eigenvalue weighted by Gasteiger charge is -2.23. The van der Waals surface area contributed by atoms with Crippen LogP contribution in [0.1, 0.15) is 40.0 Å². The molecule has 1 aromatic rings. The van der Waals surface area contributed by atoms with Crippen molar-refractivity contribution in [1.29, 1.82) is 0 Å². The zero-order chi connectivity index (χ0) is 15.2. The van der Waals surface area contributed by atoms with E-state index in [1.54, 1.807) is 19.2 Å². The lowest BCUT2D eigenvalue weighted by atomic mass is 10.2. The molecule has 1 N–H and O–H groups in total. The third-order valence-electron chi connectivity index (χ3n) is 3.30. The van der Waals surface area contributed by atoms with E-state index in [0.29, 0.717) is 5.82 Å². The first-order valence-electron chi connectivity index (χ1n) is 7.11. The molecule has 1 aromatic heterocycles. The summed E-state index contributed by atoms with van der Waals surface area (Å²) < 4.78 is 26.3. The number of hydrogen-bond donors (Lipinski definition) is 1. The first-order chi connectivity index (χ1) is 9.43. The van der Waals surface area contributed by atoms with Crippen molar-refractivity contribution in [3.63, 3.8) is 0 Å². The van der Waals surface area contributed by atoms with E-state index in [1.165, 1.54) is 10.5 Å². The van der Waals surface area contributed by atoms with Gasteiger partial charge in [-0.2, -0.15) is 4.31 Å². The summed E-state index contributed by atoms with van der Waals surface area (Å²) in [5.74, 6) is 0.704. The Balaban J connectivity index is 2.87. The zero-order valence-electron chi connectivity index (χ0n) is 12.8. The van der Waals surface area contributed by atoms with Crippen LogP contribution in [-0.2, 0) is 10.0 Å². The minimum Gasteiger partial charge on any atom is -0.370 e. The molecule has 0 spiro atoms. The van der Waals surface area contributed by atoms with E-state index in [4.69, 9.17) is 0 Å². The van der Waals surface area contributed by atoms with E-state index in [2.05, 4.69) is 17.2 Å². The number of nitrogens with one attached hydrogen (secondary N) is 1. The van der Waals surface area contributed by atoms with Crippen molar-refractivity contribution in [2.45, 2.75) is 51.0 Å². The van der Waals surface area contributed by atoms with Crippen molar-refractivity contribution < 1.29 is 8.42 Å². The molecule has 0 fully saturated rings. The molecule has 6 heteroatoms. The molecule has 1 rings (SSSR count). The van der Waals surface area contributed by atoms with E-state index < -0.39 is 10.0 Å². The van der Waals surface area contributed by atoms with Gasteiger partial charge in [0.2, 0.25) is 10.0 Å². The second-order valence-corrected chi connectivity index (χ2v) is 6.96. The molecule has 5 nitrogen and oxygen atoms in total. The van der Waals surface area contributed by atoms with Crippen LogP contribution >= 0.6 is 0 Å². The quantitative estimate of drug-likeness (QED) is 0.801. The van der Waals surface area contributed by atoms with Gasteiger partial charge < -0.3 is 5.32 Å². The minimum absolute atomic E-state index is 0.0112. The summed E-state index contributed by atoms with van der Waals surface area (Å²) in [6.45, 7) is 6.86. The van der Waals surface area contributed by atoms with Crippen molar-refractivity contribution in [1.82, 2.24) is 9.29 Å². The van der Waals surface area contributed by atoms with Gasteiger partial charge in [0.1, 0.15) is 10.7 Å². The predicted octanol–water partition coefficient (Wildman–Crippen LogP) is 2.71. The zero-order valence-corrected chi connectivity index (χ0v) is 13.6. The maximum absolute atomic E-state index is 12.4. The Hall–Kier alpha value is -1.14. The molecule has 114 valence electrons. The number of nitrogens with zero attached hydrogens (tertiary/aromatic N) is 2. The first-order valence-corrected chi connectivity index (χ1v) is 8.55. The average molecular weight is 299 g/mol. The highest BCUT2D eigenvalue weighted by Gasteiger charge is 2.25. The van der Waals surface area contributed by atoms with Crippen molar-refractivity contribution in [3.05, 3.63) is 18.3 Å². The van der Waals surface area contributed by atoms with Gasteiger partial charge in [0.05, 0.1) is 0 Å². The molecule has 0 aliphatic carbocycles. The molecule has 0 saturated heterocycles. The minimum atomic E-state index is -3.45. The van der Waals surface area contributed by atoms with Gasteiger partial charge in [0, 0.05) is 25.8 Å². The highest BCUT2D eigenvalue weighted by Crippen LogP contribution is 2.18. The van der Waals surface area contributed by atoms with Crippen LogP contribution in [0, 0.1) is 0 Å². The van der Waals surface area contributed by atoms with Crippen LogP contribution in [0.15, 0.2) is 23.2 Å². The van der Waals surface area contributed by atoms with Crippen LogP contribution in [0.4, 0.5) is 5.82 Å². The van der Waals surface area contributed by atoms with Gasteiger partial charge in [-0.1, -0.05) is 20.3 Å². The standard InChI is InChI=1S/C14H25N3O2S/c1-5-7-12(3)17(4)20(18,19)13-8-9-14(16-11-13)15-10-6-2/h8-9,11-12H,5-7,10H2,1-4H3,(H,15,16). The molecule has 0 amide bonds. The van der Waals surface area contributed by atoms with Crippen molar-refractivity contribution in [2.75, 3.05) is 18.9 Å². The van der Waals surface area contributed by atoms with Gasteiger partial charge >= 0.3 is 0 Å². The van der Waals surface area contributed by atoms with E-state index in [9.17, 15) is 8.42 Å². The molecule has 1 atom stereocenters. The third-order valence-corrected chi connectivity index (χ3v) is 5.25. The largest absolute Gasteiger partial charge is 0.370 e. The smallest absolute Gasteiger partial charge is 0.244 e. The topological polar surface area (TPSA) is 62.3 Å². The summed E-state index contributed by atoms with van der Waals surface area (Å²) in [6.07, 6.45) is 4.22. The predicted molar refractivity (Wildman–Crippen MR) is 82.3 cm³/mol. The maximum Gasteiger partial charge on any atom is 0.244 e. The number of rotatable bonds is 8. The number of sulfonamides is 1. The Bertz CT molecular complexity index is 500. The number of aromatic nitrogens is 1. The Morgan fingerprint density at radius 3 is 2.50 bits per heavy atom. The molecule has 1 heterocycles. The first kappa shape index (κ1) is 16.9. The Morgan fingerprint density at radius 2 is 2.00 bits per heavy atom. The second-order valence-electron chi connectivity index (χ2n) is 4.96. The Kier molecular flexibility index (Phi) is 6.42. The summed E-state index contributed by atoms with van der Waals surface area (Å²) in [5.41, 5.74) is 0. The van der Waals surface area contributed by atoms with E-state index in [1.807, 2.05) is 13.8 Å². The maximum atomic E-state index is 12.4. The van der Waals surface area contributed by atoms with Crippen molar-refractivity contribution >= 4 is 15.8 Å². The lowest BCUT2D eigenvalue weighted by Crippen LogP contribution is -2.35. The molecule has 0 bridgehead atoms. The van der Waals surface area contributed by atoms with Crippen LogP contribution in [0.25, 0.3) is 0 Å². The van der Waals surface area contributed by atoms with Crippen LogP contribution < -0.4 is 5.32 Å². The summed E-state index contributed by atoms with van der Waals surface area (Å²) >= 11 is 0. The van der Waals surface area contributed by atoms with Gasteiger partial charge in [-0.3, -0.25) is 0 Å². The number of anilines is 1. The Labute approximate surface area is 122 Å². The third kappa shape index (κ3) is 4.18. The molecule has 0 radical (unpaired) electrons. The van der Waals surface area contributed by atoms with Crippen LogP contribution in [0.5, 0.6) is 0 Å². The normalized spacial score (nSPS) is 13.4. The molecule has 1 unspecified atom stereocenters. The van der Waals surface area contributed by atoms with E-state index >= 15 is 0 Å². The highest BCUT2D eigenvalue weighted by atomic mass is 32.2. The molecule has 0 aliphatic rings. The summed E-state index contributed by atoms with van der Waals surface area (Å²) in [6, 6.07) is 3.30. The summed E-state index contributed by atoms with van der Waals surface area (Å²) in [4.78, 5) is 4.39. The second kappa shape index (κ2) is 7.59. The molecule has 0 saturated carbocycles. The van der Waals surface area contributed by atoms with Gasteiger partial charge in [0.25, 0.3) is 0 Å². The molecule has 0 aliphatic heterocycles. The van der Waals surface area contributed by atoms with Crippen molar-refractivity contribution in [2.24, 2.45) is 0 Å². The van der Waals surface area contributed by atoms with Gasteiger partial charge in [-0.05, 0) is 31.9 Å². The number of pyridine rings is 1. The summed E-state index contributed by atoms with van der Waals surface area (Å²) in [7, 11) is -1.83. The van der Waals surface area contributed by atoms with Crippen molar-refractivity contribution in [3.8, 4) is 0 Å². The fraction of sp³-hybridized carbons (Fsp3) is 0.643. The van der Waals surface area contributed by atoms with E-state index in [-0.39, 0.29) is 10.9 Å². The summed E-state index contributed by atoms with van der Waals surface area (Å²) in [5, 5.41) is 3.13. The van der Waals surface area contributed by atoms with E-state index in [0.717, 1.165) is 25.8 Å². The molecule has 0 aromatic carbocycles. The number of hydrogen-bond acceptors (Lipinski definition) is 4. The fourth-order valence-electron chi connectivity index (χ4n) is 1.89. The van der Waals surface area contributed by atoms with Crippen LogP contribution in [-0.4, -0.2) is 37.3 Å². The fourth-order valence-corrected chi connectivity index (χ4v) is 3.23. The average Bonchev–Trinajstić information content (AvgIpc) is 2.45. The SMILES string of the molecule is CCCNc1ccc(S(=O)(=O)N(C)C(C)CCC)cn1.